The van der Waals surface area contributed by atoms with E-state index >= 15 is 0 Å². The van der Waals surface area contributed by atoms with Crippen molar-refractivity contribution in [2.24, 2.45) is 12.0 Å². The second-order valence-electron chi connectivity index (χ2n) is 6.88. The Morgan fingerprint density at radius 3 is 2.35 bits per heavy atom. The molecule has 6 nitrogen and oxygen atoms in total. The molecule has 1 fully saturated rings. The summed E-state index contributed by atoms with van der Waals surface area (Å²) >= 11 is 0. The lowest BCUT2D eigenvalue weighted by Crippen LogP contribution is -2.36. The zero-order valence-corrected chi connectivity index (χ0v) is 15.9. The maximum atomic E-state index is 4.29. The van der Waals surface area contributed by atoms with Gasteiger partial charge >= 0.3 is 0 Å². The van der Waals surface area contributed by atoms with E-state index in [1.54, 1.807) is 13.2 Å². The molecule has 1 aromatic carbocycles. The quantitative estimate of drug-likeness (QED) is 0.617. The van der Waals surface area contributed by atoms with Crippen LogP contribution in [-0.2, 0) is 26.7 Å². The number of aromatic nitrogens is 2. The van der Waals surface area contributed by atoms with Gasteiger partial charge in [0, 0.05) is 33.4 Å². The highest BCUT2D eigenvalue weighted by Gasteiger charge is 2.10. The van der Waals surface area contributed by atoms with Crippen LogP contribution in [0.2, 0.25) is 0 Å². The van der Waals surface area contributed by atoms with Crippen molar-refractivity contribution < 1.29 is 0 Å². The highest BCUT2D eigenvalue weighted by atomic mass is 15.3. The summed E-state index contributed by atoms with van der Waals surface area (Å²) in [6.07, 6.45) is 5.87. The Bertz CT molecular complexity index is 697. The summed E-state index contributed by atoms with van der Waals surface area (Å²) in [6, 6.07) is 10.9. The van der Waals surface area contributed by atoms with E-state index in [0.717, 1.165) is 24.7 Å². The van der Waals surface area contributed by atoms with E-state index in [1.807, 2.05) is 17.8 Å². The smallest absolute Gasteiger partial charge is 0.191 e. The number of piperidine rings is 1. The van der Waals surface area contributed by atoms with E-state index in [-0.39, 0.29) is 0 Å². The molecule has 0 aliphatic carbocycles. The van der Waals surface area contributed by atoms with Gasteiger partial charge in [0.15, 0.2) is 5.96 Å². The first-order chi connectivity index (χ1) is 12.7. The summed E-state index contributed by atoms with van der Waals surface area (Å²) in [5.41, 5.74) is 3.78. The zero-order chi connectivity index (χ0) is 18.2. The van der Waals surface area contributed by atoms with Gasteiger partial charge < -0.3 is 10.6 Å². The van der Waals surface area contributed by atoms with Crippen molar-refractivity contribution in [3.8, 4) is 0 Å². The molecule has 3 rings (SSSR count). The van der Waals surface area contributed by atoms with Crippen LogP contribution in [0.1, 0.15) is 36.1 Å². The fourth-order valence-electron chi connectivity index (χ4n) is 3.29. The highest BCUT2D eigenvalue weighted by molar-refractivity contribution is 5.79. The van der Waals surface area contributed by atoms with Crippen LogP contribution < -0.4 is 10.6 Å². The van der Waals surface area contributed by atoms with E-state index < -0.39 is 0 Å². The number of aryl methyl sites for hydroxylation is 1. The monoisotopic (exact) mass is 354 g/mol. The van der Waals surface area contributed by atoms with Gasteiger partial charge in [-0.25, -0.2) is 0 Å². The Labute approximate surface area is 156 Å². The lowest BCUT2D eigenvalue weighted by Gasteiger charge is -2.26. The summed E-state index contributed by atoms with van der Waals surface area (Å²) in [5, 5.41) is 10.9. The molecule has 0 bridgehead atoms. The number of aliphatic imine (C=N–C) groups is 1. The standard InChI is InChI=1S/C20H30N6/c1-21-20(23-15-19-10-11-24-25(19)2)22-14-17-6-8-18(9-7-17)16-26-12-4-3-5-13-26/h6-11H,3-5,12-16H2,1-2H3,(H2,21,22,23). The lowest BCUT2D eigenvalue weighted by atomic mass is 10.1. The molecule has 0 spiro atoms. The van der Waals surface area contributed by atoms with Crippen molar-refractivity contribution >= 4 is 5.96 Å². The van der Waals surface area contributed by atoms with Gasteiger partial charge in [-0.2, -0.15) is 5.10 Å². The Kier molecular flexibility index (Phi) is 6.66. The molecule has 26 heavy (non-hydrogen) atoms. The summed E-state index contributed by atoms with van der Waals surface area (Å²) in [4.78, 5) is 6.84. The summed E-state index contributed by atoms with van der Waals surface area (Å²) in [5.74, 6) is 0.795. The van der Waals surface area contributed by atoms with Gasteiger partial charge in [-0.1, -0.05) is 30.7 Å². The summed E-state index contributed by atoms with van der Waals surface area (Å²) in [6.45, 7) is 5.01. The van der Waals surface area contributed by atoms with Crippen molar-refractivity contribution in [1.82, 2.24) is 25.3 Å². The number of guanidine groups is 1. The van der Waals surface area contributed by atoms with Crippen LogP contribution >= 0.6 is 0 Å². The number of benzene rings is 1. The van der Waals surface area contributed by atoms with Crippen molar-refractivity contribution in [2.45, 2.75) is 38.9 Å². The lowest BCUT2D eigenvalue weighted by molar-refractivity contribution is 0.221. The second-order valence-corrected chi connectivity index (χ2v) is 6.88. The van der Waals surface area contributed by atoms with Crippen LogP contribution in [0.15, 0.2) is 41.5 Å². The molecule has 0 atom stereocenters. The molecule has 2 aromatic rings. The molecule has 1 aliphatic rings. The second kappa shape index (κ2) is 9.38. The fourth-order valence-corrected chi connectivity index (χ4v) is 3.29. The van der Waals surface area contributed by atoms with E-state index in [0.29, 0.717) is 6.54 Å². The maximum Gasteiger partial charge on any atom is 0.191 e. The topological polar surface area (TPSA) is 57.5 Å². The Balaban J connectivity index is 1.45. The van der Waals surface area contributed by atoms with E-state index in [9.17, 15) is 0 Å². The predicted octanol–water partition coefficient (Wildman–Crippen LogP) is 2.27. The van der Waals surface area contributed by atoms with Crippen molar-refractivity contribution in [3.05, 3.63) is 53.3 Å². The van der Waals surface area contributed by atoms with Gasteiger partial charge in [0.05, 0.1) is 12.2 Å². The molecule has 1 aromatic heterocycles. The van der Waals surface area contributed by atoms with Gasteiger partial charge in [-0.05, 0) is 43.1 Å². The molecule has 0 amide bonds. The van der Waals surface area contributed by atoms with Gasteiger partial charge in [0.2, 0.25) is 0 Å². The number of hydrogen-bond acceptors (Lipinski definition) is 3. The molecule has 2 N–H and O–H groups in total. The van der Waals surface area contributed by atoms with Crippen molar-refractivity contribution in [3.63, 3.8) is 0 Å². The molecule has 1 aliphatic heterocycles. The average molecular weight is 355 g/mol. The molecule has 0 radical (unpaired) electrons. The third-order valence-electron chi connectivity index (χ3n) is 4.92. The molecular formula is C20H30N6. The van der Waals surface area contributed by atoms with E-state index in [4.69, 9.17) is 0 Å². The molecule has 1 saturated heterocycles. The van der Waals surface area contributed by atoms with Crippen LogP contribution in [0.3, 0.4) is 0 Å². The van der Waals surface area contributed by atoms with Crippen LogP contribution in [0.5, 0.6) is 0 Å². The molecule has 0 unspecified atom stereocenters. The predicted molar refractivity (Wildman–Crippen MR) is 106 cm³/mol. The van der Waals surface area contributed by atoms with Crippen LogP contribution in [0, 0.1) is 0 Å². The molecule has 2 heterocycles. The van der Waals surface area contributed by atoms with E-state index in [1.165, 1.54) is 43.5 Å². The SMILES string of the molecule is CN=C(NCc1ccc(CN2CCCCC2)cc1)NCc1ccnn1C. The number of likely N-dealkylation sites (tertiary alicyclic amines) is 1. The molecule has 140 valence electrons. The Morgan fingerprint density at radius 1 is 1.00 bits per heavy atom. The normalized spacial score (nSPS) is 15.8. The first-order valence-corrected chi connectivity index (χ1v) is 9.46. The first-order valence-electron chi connectivity index (χ1n) is 9.46. The first kappa shape index (κ1) is 18.5. The molecule has 6 heteroatoms. The van der Waals surface area contributed by atoms with Crippen LogP contribution in [0.4, 0.5) is 0 Å². The van der Waals surface area contributed by atoms with Gasteiger partial charge in [-0.15, -0.1) is 0 Å². The third-order valence-corrected chi connectivity index (χ3v) is 4.92. The van der Waals surface area contributed by atoms with Crippen molar-refractivity contribution in [1.29, 1.82) is 0 Å². The van der Waals surface area contributed by atoms with Gasteiger partial charge in [0.1, 0.15) is 0 Å². The number of rotatable bonds is 6. The van der Waals surface area contributed by atoms with Crippen LogP contribution in [0.25, 0.3) is 0 Å². The number of hydrogen-bond donors (Lipinski definition) is 2. The third kappa shape index (κ3) is 5.33. The minimum atomic E-state index is 0.699. The van der Waals surface area contributed by atoms with Gasteiger partial charge in [-0.3, -0.25) is 14.6 Å². The largest absolute Gasteiger partial charge is 0.352 e. The number of nitrogens with one attached hydrogen (secondary N) is 2. The minimum absolute atomic E-state index is 0.699. The van der Waals surface area contributed by atoms with Crippen LogP contribution in [-0.4, -0.2) is 40.8 Å². The molecule has 0 saturated carbocycles. The van der Waals surface area contributed by atoms with Crippen molar-refractivity contribution in [2.75, 3.05) is 20.1 Å². The molecular weight excluding hydrogens is 324 g/mol. The Morgan fingerprint density at radius 2 is 1.69 bits per heavy atom. The average Bonchev–Trinajstić information content (AvgIpc) is 3.09. The summed E-state index contributed by atoms with van der Waals surface area (Å²) in [7, 11) is 3.74. The highest BCUT2D eigenvalue weighted by Crippen LogP contribution is 2.13. The maximum absolute atomic E-state index is 4.29. The fraction of sp³-hybridized carbons (Fsp3) is 0.500. The summed E-state index contributed by atoms with van der Waals surface area (Å²) < 4.78 is 1.86. The van der Waals surface area contributed by atoms with Gasteiger partial charge in [0.25, 0.3) is 0 Å². The zero-order valence-electron chi connectivity index (χ0n) is 15.9. The van der Waals surface area contributed by atoms with E-state index in [2.05, 4.69) is 49.9 Å². The minimum Gasteiger partial charge on any atom is -0.352 e. The number of nitrogens with zero attached hydrogens (tertiary/aromatic N) is 4. The Hall–Kier alpha value is -2.34.